The normalized spacial score (nSPS) is 21.4. The van der Waals surface area contributed by atoms with Gasteiger partial charge in [-0.3, -0.25) is 0 Å². The Labute approximate surface area is 195 Å². The quantitative estimate of drug-likeness (QED) is 0.386. The molecule has 1 fully saturated rings. The highest BCUT2D eigenvalue weighted by molar-refractivity contribution is 5.90. The van der Waals surface area contributed by atoms with Gasteiger partial charge in [-0.2, -0.15) is 0 Å². The van der Waals surface area contributed by atoms with Crippen LogP contribution >= 0.6 is 0 Å². The summed E-state index contributed by atoms with van der Waals surface area (Å²) in [5.41, 5.74) is 0.705. The molecule has 0 spiro atoms. The minimum Gasteiger partial charge on any atom is -0.459 e. The summed E-state index contributed by atoms with van der Waals surface area (Å²) < 4.78 is 36.6. The number of hydrogen-bond donors (Lipinski definition) is 0. The van der Waals surface area contributed by atoms with Crippen molar-refractivity contribution in [3.05, 3.63) is 108 Å². The van der Waals surface area contributed by atoms with E-state index in [0.29, 0.717) is 5.56 Å². The van der Waals surface area contributed by atoms with Crippen molar-refractivity contribution in [3.8, 4) is 0 Å². The Balaban J connectivity index is 1.47. The van der Waals surface area contributed by atoms with Crippen molar-refractivity contribution in [1.29, 1.82) is 0 Å². The van der Waals surface area contributed by atoms with Crippen LogP contribution in [0.2, 0.25) is 0 Å². The smallest absolute Gasteiger partial charge is 0.340 e. The molecule has 4 rings (SSSR count). The molecule has 174 valence electrons. The number of benzene rings is 3. The summed E-state index contributed by atoms with van der Waals surface area (Å²) in [5, 5.41) is 0. The van der Waals surface area contributed by atoms with Crippen molar-refractivity contribution in [2.45, 2.75) is 24.7 Å². The van der Waals surface area contributed by atoms with Gasteiger partial charge in [0.2, 0.25) is 12.5 Å². The van der Waals surface area contributed by atoms with Gasteiger partial charge < -0.3 is 18.9 Å². The molecule has 34 heavy (non-hydrogen) atoms. The maximum Gasteiger partial charge on any atom is 0.340 e. The van der Waals surface area contributed by atoms with Crippen LogP contribution in [0.25, 0.3) is 0 Å². The topological polar surface area (TPSA) is 88.1 Å². The van der Waals surface area contributed by atoms with Gasteiger partial charge in [0, 0.05) is 0 Å². The third kappa shape index (κ3) is 5.47. The largest absolute Gasteiger partial charge is 0.459 e. The van der Waals surface area contributed by atoms with Crippen molar-refractivity contribution in [2.75, 3.05) is 6.61 Å². The summed E-state index contributed by atoms with van der Waals surface area (Å²) >= 11 is 0. The van der Waals surface area contributed by atoms with Gasteiger partial charge in [0.1, 0.15) is 12.7 Å². The average Bonchev–Trinajstić information content (AvgIpc) is 3.17. The van der Waals surface area contributed by atoms with Crippen LogP contribution in [0, 0.1) is 0 Å². The number of alkyl halides is 1. The molecule has 7 nitrogen and oxygen atoms in total. The summed E-state index contributed by atoms with van der Waals surface area (Å²) in [5.74, 6) is -2.24. The molecule has 0 radical (unpaired) electrons. The van der Waals surface area contributed by atoms with Gasteiger partial charge in [0.15, 0.2) is 6.10 Å². The molecule has 1 aliphatic heterocycles. The fraction of sp³-hybridized carbons (Fsp3) is 0.192. The molecule has 1 heterocycles. The Morgan fingerprint density at radius 1 is 0.676 bits per heavy atom. The van der Waals surface area contributed by atoms with Crippen LogP contribution in [0.4, 0.5) is 4.39 Å². The molecule has 1 aliphatic rings. The fourth-order valence-corrected chi connectivity index (χ4v) is 3.38. The van der Waals surface area contributed by atoms with Crippen LogP contribution < -0.4 is 0 Å². The lowest BCUT2D eigenvalue weighted by Crippen LogP contribution is -2.37. The highest BCUT2D eigenvalue weighted by atomic mass is 19.1. The number of halogens is 1. The van der Waals surface area contributed by atoms with Gasteiger partial charge >= 0.3 is 17.9 Å². The molecule has 0 unspecified atom stereocenters. The van der Waals surface area contributed by atoms with Crippen LogP contribution in [-0.2, 0) is 18.9 Å². The zero-order valence-corrected chi connectivity index (χ0v) is 17.9. The van der Waals surface area contributed by atoms with Gasteiger partial charge in [-0.15, -0.1) is 0 Å². The van der Waals surface area contributed by atoms with E-state index in [1.807, 2.05) is 0 Å². The number of ether oxygens (including phenoxy) is 4. The van der Waals surface area contributed by atoms with E-state index < -0.39 is 49.2 Å². The van der Waals surface area contributed by atoms with Crippen LogP contribution in [0.15, 0.2) is 91.0 Å². The lowest BCUT2D eigenvalue weighted by Gasteiger charge is -2.19. The number of carbonyl (C=O) groups excluding carboxylic acids is 3. The first-order valence-corrected chi connectivity index (χ1v) is 10.6. The van der Waals surface area contributed by atoms with Gasteiger partial charge in [0.05, 0.1) is 16.7 Å². The first-order chi connectivity index (χ1) is 16.5. The molecule has 0 aromatic heterocycles. The predicted octanol–water partition coefficient (Wildman–Crippen LogP) is 3.99. The molecule has 0 amide bonds. The lowest BCUT2D eigenvalue weighted by molar-refractivity contribution is -0.129. The van der Waals surface area contributed by atoms with Crippen LogP contribution in [0.5, 0.6) is 0 Å². The van der Waals surface area contributed by atoms with E-state index in [1.165, 1.54) is 24.3 Å². The Bertz CT molecular complexity index is 1120. The first-order valence-electron chi connectivity index (χ1n) is 10.6. The van der Waals surface area contributed by atoms with E-state index in [-0.39, 0.29) is 11.1 Å². The van der Waals surface area contributed by atoms with Crippen LogP contribution in [-0.4, -0.2) is 49.2 Å². The Hall–Kier alpha value is -4.04. The molecule has 3 aromatic carbocycles. The number of esters is 3. The maximum absolute atomic E-state index is 15.3. The molecular weight excluding hydrogens is 443 g/mol. The molecule has 1 saturated heterocycles. The van der Waals surface area contributed by atoms with Crippen molar-refractivity contribution >= 4 is 17.9 Å². The average molecular weight is 464 g/mol. The van der Waals surface area contributed by atoms with Crippen LogP contribution in [0.1, 0.15) is 31.1 Å². The van der Waals surface area contributed by atoms with Gasteiger partial charge in [0.25, 0.3) is 0 Å². The summed E-state index contributed by atoms with van der Waals surface area (Å²) in [6.45, 7) is -0.416. The second-order valence-corrected chi connectivity index (χ2v) is 7.46. The first kappa shape index (κ1) is 23.1. The van der Waals surface area contributed by atoms with E-state index >= 15 is 4.39 Å². The molecular formula is C26H21FO7. The third-order valence-electron chi connectivity index (χ3n) is 5.12. The summed E-state index contributed by atoms with van der Waals surface area (Å²) in [6.07, 6.45) is -6.31. The fourth-order valence-electron chi connectivity index (χ4n) is 3.38. The number of rotatable bonds is 7. The predicted molar refractivity (Wildman–Crippen MR) is 118 cm³/mol. The van der Waals surface area contributed by atoms with E-state index in [9.17, 15) is 14.4 Å². The van der Waals surface area contributed by atoms with E-state index in [0.717, 1.165) is 0 Å². The van der Waals surface area contributed by atoms with Crippen molar-refractivity contribution in [2.24, 2.45) is 0 Å². The van der Waals surface area contributed by atoms with E-state index in [4.69, 9.17) is 18.9 Å². The van der Waals surface area contributed by atoms with E-state index in [2.05, 4.69) is 0 Å². The molecule has 0 aliphatic carbocycles. The lowest BCUT2D eigenvalue weighted by atomic mass is 10.1. The monoisotopic (exact) mass is 464 g/mol. The molecule has 0 bridgehead atoms. The SMILES string of the molecule is O=C(OC[C@H]1O[C@H](OC(=O)c2ccccc2)[C@H](F)[C@H]1OC(=O)c1ccccc1)c1ccccc1. The van der Waals surface area contributed by atoms with Crippen molar-refractivity contribution in [3.63, 3.8) is 0 Å². The van der Waals surface area contributed by atoms with Crippen LogP contribution in [0.3, 0.4) is 0 Å². The minimum absolute atomic E-state index is 0.204. The van der Waals surface area contributed by atoms with Gasteiger partial charge in [-0.05, 0) is 36.4 Å². The third-order valence-corrected chi connectivity index (χ3v) is 5.12. The molecule has 8 heteroatoms. The highest BCUT2D eigenvalue weighted by Gasteiger charge is 2.50. The van der Waals surface area contributed by atoms with E-state index in [1.54, 1.807) is 66.7 Å². The Morgan fingerprint density at radius 3 is 1.62 bits per heavy atom. The van der Waals surface area contributed by atoms with Crippen molar-refractivity contribution < 1.29 is 37.7 Å². The zero-order chi connectivity index (χ0) is 23.9. The molecule has 3 aromatic rings. The van der Waals surface area contributed by atoms with Gasteiger partial charge in [-0.25, -0.2) is 18.8 Å². The van der Waals surface area contributed by atoms with Gasteiger partial charge in [-0.1, -0.05) is 54.6 Å². The summed E-state index contributed by atoms with van der Waals surface area (Å²) in [4.78, 5) is 37.2. The molecule has 0 saturated carbocycles. The Kier molecular flexibility index (Phi) is 7.29. The minimum atomic E-state index is -2.00. The second-order valence-electron chi connectivity index (χ2n) is 7.46. The second kappa shape index (κ2) is 10.7. The number of carbonyl (C=O) groups is 3. The summed E-state index contributed by atoms with van der Waals surface area (Å²) in [7, 11) is 0. The standard InChI is InChI=1S/C26H21FO7/c27-21-22(33-24(29)18-12-6-2-7-13-18)20(16-31-23(28)17-10-4-1-5-11-17)32-26(21)34-25(30)19-14-8-3-9-15-19/h1-15,20-22,26H,16H2/t20-,21-,22+,26-/m1/s1. The molecule has 0 N–H and O–H groups in total. The zero-order valence-electron chi connectivity index (χ0n) is 17.9. The molecule has 4 atom stereocenters. The highest BCUT2D eigenvalue weighted by Crippen LogP contribution is 2.29. The maximum atomic E-state index is 15.3. The van der Waals surface area contributed by atoms with Crippen molar-refractivity contribution in [1.82, 2.24) is 0 Å². The summed E-state index contributed by atoms with van der Waals surface area (Å²) in [6, 6.07) is 24.2. The number of hydrogen-bond acceptors (Lipinski definition) is 7. The Morgan fingerprint density at radius 2 is 1.12 bits per heavy atom.